The van der Waals surface area contributed by atoms with Crippen molar-refractivity contribution in [2.75, 3.05) is 6.61 Å². The first-order chi connectivity index (χ1) is 5.16. The summed E-state index contributed by atoms with van der Waals surface area (Å²) in [5.74, 6) is 0.345. The summed E-state index contributed by atoms with van der Waals surface area (Å²) in [6.45, 7) is 6.69. The minimum Gasteiger partial charge on any atom is -0.466 e. The summed E-state index contributed by atoms with van der Waals surface area (Å²) in [5.41, 5.74) is 0. The zero-order valence-electron chi connectivity index (χ0n) is 7.72. The first-order valence-electron chi connectivity index (χ1n) is 4.32. The number of ether oxygens (including phenoxy) is 1. The molecule has 0 amide bonds. The van der Waals surface area contributed by atoms with Crippen LogP contribution in [-0.2, 0) is 9.53 Å². The minimum absolute atomic E-state index is 0.0616. The molecule has 2 nitrogen and oxygen atoms in total. The molecule has 0 aromatic carbocycles. The molecule has 11 heavy (non-hydrogen) atoms. The summed E-state index contributed by atoms with van der Waals surface area (Å²) in [6, 6.07) is 0. The van der Waals surface area contributed by atoms with Crippen molar-refractivity contribution < 1.29 is 9.53 Å². The monoisotopic (exact) mass is 158 g/mol. The lowest BCUT2D eigenvalue weighted by molar-refractivity contribution is -0.144. The van der Waals surface area contributed by atoms with Gasteiger partial charge in [0.25, 0.3) is 0 Å². The van der Waals surface area contributed by atoms with Crippen LogP contribution in [0.5, 0.6) is 0 Å². The van der Waals surface area contributed by atoms with E-state index in [0.717, 1.165) is 12.8 Å². The Morgan fingerprint density at radius 2 is 2.09 bits per heavy atom. The number of rotatable bonds is 5. The largest absolute Gasteiger partial charge is 0.466 e. The van der Waals surface area contributed by atoms with E-state index in [0.29, 0.717) is 18.9 Å². The quantitative estimate of drug-likeness (QED) is 0.453. The smallest absolute Gasteiger partial charge is 0.306 e. The van der Waals surface area contributed by atoms with Crippen molar-refractivity contribution in [3.63, 3.8) is 0 Å². The van der Waals surface area contributed by atoms with E-state index in [1.165, 1.54) is 0 Å². The van der Waals surface area contributed by atoms with Crippen LogP contribution in [-0.4, -0.2) is 12.6 Å². The third-order valence-electron chi connectivity index (χ3n) is 1.34. The van der Waals surface area contributed by atoms with E-state index >= 15 is 0 Å². The van der Waals surface area contributed by atoms with Crippen LogP contribution in [0.4, 0.5) is 0 Å². The molecule has 0 fully saturated rings. The molecule has 0 rings (SSSR count). The maximum atomic E-state index is 10.9. The molecule has 0 aliphatic heterocycles. The maximum Gasteiger partial charge on any atom is 0.306 e. The van der Waals surface area contributed by atoms with Crippen molar-refractivity contribution >= 4 is 5.97 Å². The lowest BCUT2D eigenvalue weighted by Gasteiger charge is -2.04. The topological polar surface area (TPSA) is 26.3 Å². The second-order valence-corrected chi connectivity index (χ2v) is 3.17. The van der Waals surface area contributed by atoms with Gasteiger partial charge in [0.05, 0.1) is 6.61 Å². The fourth-order valence-electron chi connectivity index (χ4n) is 0.723. The van der Waals surface area contributed by atoms with Gasteiger partial charge in [-0.2, -0.15) is 0 Å². The Morgan fingerprint density at radius 3 is 2.55 bits per heavy atom. The van der Waals surface area contributed by atoms with Crippen LogP contribution in [0, 0.1) is 5.92 Å². The molecule has 0 heterocycles. The molecule has 0 spiro atoms. The molecule has 66 valence electrons. The Labute approximate surface area is 68.9 Å². The summed E-state index contributed by atoms with van der Waals surface area (Å²) >= 11 is 0. The molecule has 0 atom stereocenters. The van der Waals surface area contributed by atoms with Gasteiger partial charge in [0, 0.05) is 6.42 Å². The van der Waals surface area contributed by atoms with Gasteiger partial charge in [-0.1, -0.05) is 27.2 Å². The Kier molecular flexibility index (Phi) is 5.90. The van der Waals surface area contributed by atoms with Crippen LogP contribution in [0.15, 0.2) is 0 Å². The predicted octanol–water partition coefficient (Wildman–Crippen LogP) is 2.38. The fourth-order valence-corrected chi connectivity index (χ4v) is 0.723. The molecule has 0 aliphatic carbocycles. The lowest BCUT2D eigenvalue weighted by Crippen LogP contribution is -2.08. The van der Waals surface area contributed by atoms with Gasteiger partial charge < -0.3 is 4.74 Å². The van der Waals surface area contributed by atoms with E-state index in [1.54, 1.807) is 0 Å². The Morgan fingerprint density at radius 1 is 1.45 bits per heavy atom. The van der Waals surface area contributed by atoms with Crippen LogP contribution in [0.25, 0.3) is 0 Å². The number of carbonyl (C=O) groups excluding carboxylic acids is 1. The highest BCUT2D eigenvalue weighted by Gasteiger charge is 2.04. The van der Waals surface area contributed by atoms with Gasteiger partial charge in [0.2, 0.25) is 0 Å². The summed E-state index contributed by atoms with van der Waals surface area (Å²) in [7, 11) is 0. The van der Waals surface area contributed by atoms with E-state index in [9.17, 15) is 4.79 Å². The molecule has 0 radical (unpaired) electrons. The van der Waals surface area contributed by atoms with Crippen molar-refractivity contribution in [2.45, 2.75) is 40.0 Å². The van der Waals surface area contributed by atoms with Crippen LogP contribution >= 0.6 is 0 Å². The Balaban J connectivity index is 3.23. The number of hydrogen-bond acceptors (Lipinski definition) is 2. The van der Waals surface area contributed by atoms with Crippen molar-refractivity contribution in [3.05, 3.63) is 0 Å². The van der Waals surface area contributed by atoms with Gasteiger partial charge in [0.1, 0.15) is 0 Å². The number of unbranched alkanes of at least 4 members (excludes halogenated alkanes) is 1. The van der Waals surface area contributed by atoms with E-state index < -0.39 is 0 Å². The zero-order valence-corrected chi connectivity index (χ0v) is 7.72. The van der Waals surface area contributed by atoms with Gasteiger partial charge in [-0.25, -0.2) is 0 Å². The average molecular weight is 158 g/mol. The highest BCUT2D eigenvalue weighted by Crippen LogP contribution is 2.01. The van der Waals surface area contributed by atoms with Gasteiger partial charge in [-0.15, -0.1) is 0 Å². The summed E-state index contributed by atoms with van der Waals surface area (Å²) in [6.07, 6.45) is 2.60. The summed E-state index contributed by atoms with van der Waals surface area (Å²) in [5, 5.41) is 0. The number of hydrogen-bond donors (Lipinski definition) is 0. The minimum atomic E-state index is -0.0616. The second kappa shape index (κ2) is 6.20. The normalized spacial score (nSPS) is 10.2. The highest BCUT2D eigenvalue weighted by atomic mass is 16.5. The van der Waals surface area contributed by atoms with Crippen LogP contribution in [0.1, 0.15) is 40.0 Å². The SMILES string of the molecule is CCCCOC(=O)CC(C)C. The third-order valence-corrected chi connectivity index (χ3v) is 1.34. The maximum absolute atomic E-state index is 10.9. The number of esters is 1. The number of carbonyl (C=O) groups is 1. The molecule has 0 aromatic rings. The Bertz CT molecular complexity index is 108. The van der Waals surface area contributed by atoms with Gasteiger partial charge in [0.15, 0.2) is 0 Å². The predicted molar refractivity (Wildman–Crippen MR) is 45.3 cm³/mol. The molecule has 0 N–H and O–H groups in total. The molecule has 0 bridgehead atoms. The van der Waals surface area contributed by atoms with Crippen LogP contribution in [0.2, 0.25) is 0 Å². The fraction of sp³-hybridized carbons (Fsp3) is 0.889. The van der Waals surface area contributed by atoms with Gasteiger partial charge >= 0.3 is 5.97 Å². The van der Waals surface area contributed by atoms with Gasteiger partial charge in [-0.3, -0.25) is 4.79 Å². The van der Waals surface area contributed by atoms with E-state index in [-0.39, 0.29) is 5.97 Å². The summed E-state index contributed by atoms with van der Waals surface area (Å²) < 4.78 is 4.95. The average Bonchev–Trinajstić information content (AvgIpc) is 1.86. The first-order valence-corrected chi connectivity index (χ1v) is 4.32. The third kappa shape index (κ3) is 7.37. The summed E-state index contributed by atoms with van der Waals surface area (Å²) in [4.78, 5) is 10.9. The first kappa shape index (κ1) is 10.5. The van der Waals surface area contributed by atoms with Gasteiger partial charge in [-0.05, 0) is 12.3 Å². The lowest BCUT2D eigenvalue weighted by atomic mass is 10.1. The second-order valence-electron chi connectivity index (χ2n) is 3.17. The molecule has 0 saturated heterocycles. The molecule has 2 heteroatoms. The van der Waals surface area contributed by atoms with Crippen LogP contribution < -0.4 is 0 Å². The van der Waals surface area contributed by atoms with Crippen molar-refractivity contribution in [3.8, 4) is 0 Å². The molecule has 0 unspecified atom stereocenters. The molecule has 0 saturated carbocycles. The molecular formula is C9H18O2. The van der Waals surface area contributed by atoms with E-state index in [4.69, 9.17) is 4.74 Å². The van der Waals surface area contributed by atoms with E-state index in [1.807, 2.05) is 13.8 Å². The molecular weight excluding hydrogens is 140 g/mol. The van der Waals surface area contributed by atoms with E-state index in [2.05, 4.69) is 6.92 Å². The highest BCUT2D eigenvalue weighted by molar-refractivity contribution is 5.69. The zero-order chi connectivity index (χ0) is 8.69. The molecule has 0 aliphatic rings. The van der Waals surface area contributed by atoms with Crippen LogP contribution in [0.3, 0.4) is 0 Å². The Hall–Kier alpha value is -0.530. The van der Waals surface area contributed by atoms with Crippen molar-refractivity contribution in [2.24, 2.45) is 5.92 Å². The van der Waals surface area contributed by atoms with Crippen molar-refractivity contribution in [1.29, 1.82) is 0 Å². The van der Waals surface area contributed by atoms with Crippen molar-refractivity contribution in [1.82, 2.24) is 0 Å². The molecule has 0 aromatic heterocycles. The standard InChI is InChI=1S/C9H18O2/c1-4-5-6-11-9(10)7-8(2)3/h8H,4-7H2,1-3H3.